The van der Waals surface area contributed by atoms with E-state index in [1.54, 1.807) is 30.0 Å². The zero-order valence-corrected chi connectivity index (χ0v) is 28.9. The molecule has 2 aliphatic rings. The van der Waals surface area contributed by atoms with Crippen LogP contribution in [-0.2, 0) is 6.42 Å². The van der Waals surface area contributed by atoms with Gasteiger partial charge in [0, 0.05) is 17.0 Å². The summed E-state index contributed by atoms with van der Waals surface area (Å²) in [6, 6.07) is 4.61. The van der Waals surface area contributed by atoms with Crippen LogP contribution < -0.4 is 21.1 Å². The number of nitrogens with zero attached hydrogens (tertiary/aromatic N) is 5. The molecule has 0 amide bonds. The molecular weight excluding hydrogens is 652 g/mol. The zero-order valence-electron chi connectivity index (χ0n) is 27.3. The first-order valence-corrected chi connectivity index (χ1v) is 17.2. The summed E-state index contributed by atoms with van der Waals surface area (Å²) in [5.41, 5.74) is 13.1. The molecule has 2 atom stereocenters. The number of nitrogens with two attached hydrogens (primary N) is 2. The standard InChI is InChI=1S/C34H41FN8O3S2/c1-22(31(38)41-33-39-25-11-4-5-12-27(25)47-33)20-29(37)43(18-7-6-16-36)34-40-30(32(44)45)28(48-34)13-9-19-46-26-15-14-23(21-24(26)35)10-8-17-42(2)3/h4-5,11-12,14-15,20-21,25,27,37H,6-7,9,13,16-19,36H2,1-3H3,(H,44,45)(H2,38,39,41)/b22-20-,37-29?. The maximum atomic E-state index is 14.6. The van der Waals surface area contributed by atoms with Gasteiger partial charge in [0.05, 0.1) is 24.4 Å². The van der Waals surface area contributed by atoms with Gasteiger partial charge in [-0.15, -0.1) is 11.3 Å². The number of ether oxygens (including phenoxy) is 1. The minimum absolute atomic E-state index is 0.0345. The molecule has 4 rings (SSSR count). The van der Waals surface area contributed by atoms with E-state index in [2.05, 4.69) is 32.9 Å². The molecule has 0 radical (unpaired) electrons. The number of aryl methyl sites for hydroxylation is 1. The van der Waals surface area contributed by atoms with Crippen LogP contribution in [0.15, 0.2) is 64.1 Å². The van der Waals surface area contributed by atoms with Crippen molar-refractivity contribution in [3.63, 3.8) is 0 Å². The van der Waals surface area contributed by atoms with Crippen LogP contribution in [0.1, 0.15) is 47.1 Å². The van der Waals surface area contributed by atoms with Gasteiger partial charge in [-0.05, 0) is 83.1 Å². The number of aliphatic imine (C=N–C) groups is 2. The van der Waals surface area contributed by atoms with Gasteiger partial charge in [0.15, 0.2) is 27.6 Å². The maximum absolute atomic E-state index is 14.6. The number of hydrogen-bond acceptors (Lipinski definition) is 10. The number of hydrogen-bond donors (Lipinski definition) is 4. The number of halogens is 1. The SMILES string of the molecule is C/C(=C/C(=N)N(CCCCN)c1nc(C(=O)O)c(CCCOc2ccc(C#CCN(C)C)cc2F)s1)C(N)=NC1=NC2C=CC=CC2S1. The predicted molar refractivity (Wildman–Crippen MR) is 194 cm³/mol. The smallest absolute Gasteiger partial charge is 0.355 e. The lowest BCUT2D eigenvalue weighted by atomic mass is 10.1. The lowest BCUT2D eigenvalue weighted by Crippen LogP contribution is -2.31. The number of carboxylic acid groups (broad SMARTS) is 1. The molecule has 0 saturated heterocycles. The minimum atomic E-state index is -1.16. The van der Waals surface area contributed by atoms with Crippen LogP contribution in [-0.4, -0.2) is 89.4 Å². The predicted octanol–water partition coefficient (Wildman–Crippen LogP) is 4.70. The van der Waals surface area contributed by atoms with Gasteiger partial charge in [-0.1, -0.05) is 47.9 Å². The summed E-state index contributed by atoms with van der Waals surface area (Å²) >= 11 is 2.74. The third-order valence-electron chi connectivity index (χ3n) is 7.14. The average molecular weight is 693 g/mol. The van der Waals surface area contributed by atoms with E-state index in [9.17, 15) is 14.3 Å². The number of amidine groups is 3. The Bertz CT molecular complexity index is 1700. The van der Waals surface area contributed by atoms with Gasteiger partial charge in [0.25, 0.3) is 0 Å². The van der Waals surface area contributed by atoms with Crippen LogP contribution in [0, 0.1) is 23.1 Å². The molecule has 2 aromatic rings. The molecule has 1 aliphatic carbocycles. The highest BCUT2D eigenvalue weighted by molar-refractivity contribution is 8.14. The van der Waals surface area contributed by atoms with Gasteiger partial charge in [0.1, 0.15) is 11.7 Å². The number of carboxylic acids is 1. The third-order valence-corrected chi connectivity index (χ3v) is 9.40. The van der Waals surface area contributed by atoms with E-state index < -0.39 is 11.8 Å². The molecule has 1 aromatic heterocycles. The van der Waals surface area contributed by atoms with Crippen LogP contribution in [0.2, 0.25) is 0 Å². The number of anilines is 1. The van der Waals surface area contributed by atoms with E-state index in [0.717, 1.165) is 6.42 Å². The van der Waals surface area contributed by atoms with Gasteiger partial charge >= 0.3 is 5.97 Å². The second-order valence-corrected chi connectivity index (χ2v) is 13.5. The summed E-state index contributed by atoms with van der Waals surface area (Å²) in [5, 5.41) is 20.0. The van der Waals surface area contributed by atoms with Gasteiger partial charge in [-0.25, -0.2) is 19.2 Å². The van der Waals surface area contributed by atoms with Crippen LogP contribution in [0.3, 0.4) is 0 Å². The van der Waals surface area contributed by atoms with E-state index in [4.69, 9.17) is 21.6 Å². The lowest BCUT2D eigenvalue weighted by Gasteiger charge is -2.21. The quantitative estimate of drug-likeness (QED) is 0.0950. The van der Waals surface area contributed by atoms with Crippen LogP contribution in [0.25, 0.3) is 0 Å². The Morgan fingerprint density at radius 3 is 2.75 bits per heavy atom. The highest BCUT2D eigenvalue weighted by Crippen LogP contribution is 2.32. The van der Waals surface area contributed by atoms with Gasteiger partial charge in [-0.2, -0.15) is 0 Å². The van der Waals surface area contributed by atoms with Crippen molar-refractivity contribution in [3.05, 3.63) is 76.1 Å². The fraction of sp³-hybridized carbons (Fsp3) is 0.382. The molecule has 1 aromatic carbocycles. The summed E-state index contributed by atoms with van der Waals surface area (Å²) in [6.45, 7) is 3.40. The van der Waals surface area contributed by atoms with Crippen molar-refractivity contribution in [2.24, 2.45) is 21.5 Å². The van der Waals surface area contributed by atoms with E-state index in [0.29, 0.717) is 65.2 Å². The fourth-order valence-electron chi connectivity index (χ4n) is 4.62. The van der Waals surface area contributed by atoms with Crippen molar-refractivity contribution < 1.29 is 19.0 Å². The van der Waals surface area contributed by atoms with E-state index >= 15 is 0 Å². The molecule has 6 N–H and O–H groups in total. The second kappa shape index (κ2) is 17.7. The number of unbranched alkanes of at least 4 members (excludes halogenated alkanes) is 1. The Morgan fingerprint density at radius 1 is 1.25 bits per heavy atom. The summed E-state index contributed by atoms with van der Waals surface area (Å²) in [5.74, 6) is 4.66. The van der Waals surface area contributed by atoms with Crippen molar-refractivity contribution in [2.45, 2.75) is 43.9 Å². The van der Waals surface area contributed by atoms with Gasteiger partial charge < -0.3 is 26.2 Å². The molecule has 48 heavy (non-hydrogen) atoms. The normalized spacial score (nSPS) is 17.2. The number of aromatic nitrogens is 1. The molecule has 2 unspecified atom stereocenters. The average Bonchev–Trinajstić information content (AvgIpc) is 3.66. The number of nitrogens with one attached hydrogen (secondary N) is 1. The molecule has 0 saturated carbocycles. The summed E-state index contributed by atoms with van der Waals surface area (Å²) in [6.07, 6.45) is 11.8. The molecule has 11 nitrogen and oxygen atoms in total. The molecular formula is C34H41FN8O3S2. The molecule has 254 valence electrons. The Kier molecular flexibility index (Phi) is 13.5. The number of thioether (sulfide) groups is 1. The van der Waals surface area contributed by atoms with Crippen molar-refractivity contribution in [1.29, 1.82) is 5.41 Å². The van der Waals surface area contributed by atoms with Gasteiger partial charge in [-0.3, -0.25) is 15.3 Å². The molecule has 14 heteroatoms. The number of aromatic carboxylic acids is 1. The number of carbonyl (C=O) groups is 1. The third kappa shape index (κ3) is 10.4. The first-order chi connectivity index (χ1) is 23.0. The van der Waals surface area contributed by atoms with E-state index in [1.165, 1.54) is 29.2 Å². The van der Waals surface area contributed by atoms with Crippen molar-refractivity contribution in [2.75, 3.05) is 45.2 Å². The summed E-state index contributed by atoms with van der Waals surface area (Å²) < 4.78 is 20.3. The zero-order chi connectivity index (χ0) is 34.6. The first kappa shape index (κ1) is 36.5. The Hall–Kier alpha value is -4.29. The summed E-state index contributed by atoms with van der Waals surface area (Å²) in [7, 11) is 3.81. The number of rotatable bonds is 14. The van der Waals surface area contributed by atoms with Crippen LogP contribution in [0.5, 0.6) is 5.75 Å². The minimum Gasteiger partial charge on any atom is -0.491 e. The topological polar surface area (TPSA) is 167 Å². The van der Waals surface area contributed by atoms with E-state index in [-0.39, 0.29) is 41.0 Å². The monoisotopic (exact) mass is 692 g/mol. The highest BCUT2D eigenvalue weighted by Gasteiger charge is 2.28. The van der Waals surface area contributed by atoms with Crippen LogP contribution in [0.4, 0.5) is 9.52 Å². The highest BCUT2D eigenvalue weighted by atomic mass is 32.2. The molecule has 1 aliphatic heterocycles. The largest absolute Gasteiger partial charge is 0.491 e. The van der Waals surface area contributed by atoms with E-state index in [1.807, 2.05) is 37.2 Å². The maximum Gasteiger partial charge on any atom is 0.355 e. The fourth-order valence-corrected chi connectivity index (χ4v) is 6.79. The van der Waals surface area contributed by atoms with Crippen molar-refractivity contribution in [1.82, 2.24) is 9.88 Å². The number of thiazole rings is 1. The number of benzene rings is 1. The van der Waals surface area contributed by atoms with Crippen LogP contribution >= 0.6 is 23.1 Å². The second-order valence-electron chi connectivity index (χ2n) is 11.3. The summed E-state index contributed by atoms with van der Waals surface area (Å²) in [4.78, 5) is 29.8. The molecule has 0 bridgehead atoms. The number of allylic oxidation sites excluding steroid dienone is 2. The van der Waals surface area contributed by atoms with Gasteiger partial charge in [0.2, 0.25) is 0 Å². The molecule has 0 fully saturated rings. The molecule has 0 spiro atoms. The first-order valence-electron chi connectivity index (χ1n) is 15.5. The van der Waals surface area contributed by atoms with Crippen molar-refractivity contribution in [3.8, 4) is 17.6 Å². The number of fused-ring (bicyclic) bond motifs is 1. The Balaban J connectivity index is 1.43. The Morgan fingerprint density at radius 2 is 2.04 bits per heavy atom. The lowest BCUT2D eigenvalue weighted by molar-refractivity contribution is 0.0690. The van der Waals surface area contributed by atoms with Crippen molar-refractivity contribution >= 4 is 51.0 Å². The Labute approximate surface area is 288 Å². The molecule has 2 heterocycles.